The van der Waals surface area contributed by atoms with Crippen LogP contribution < -0.4 is 15.4 Å². The zero-order valence-corrected chi connectivity index (χ0v) is 20.6. The van der Waals surface area contributed by atoms with Gasteiger partial charge in [0.15, 0.2) is 10.9 Å². The highest BCUT2D eigenvalue weighted by Gasteiger charge is 2.32. The molecule has 0 bridgehead atoms. The highest BCUT2D eigenvalue weighted by atomic mass is 32.1. The van der Waals surface area contributed by atoms with E-state index in [2.05, 4.69) is 37.5 Å². The lowest BCUT2D eigenvalue weighted by Crippen LogP contribution is -2.34. The van der Waals surface area contributed by atoms with Crippen molar-refractivity contribution in [2.75, 3.05) is 11.9 Å². The van der Waals surface area contributed by atoms with Crippen LogP contribution in [-0.2, 0) is 12.8 Å². The van der Waals surface area contributed by atoms with E-state index in [9.17, 15) is 20.2 Å². The summed E-state index contributed by atoms with van der Waals surface area (Å²) in [5.41, 5.74) is 1.59. The molecule has 10 heteroatoms. The molecule has 1 aliphatic rings. The van der Waals surface area contributed by atoms with Gasteiger partial charge in [0.05, 0.1) is 17.1 Å². The number of nitro groups is 1. The van der Waals surface area contributed by atoms with Gasteiger partial charge in [0.2, 0.25) is 0 Å². The van der Waals surface area contributed by atoms with Gasteiger partial charge in [-0.15, -0.1) is 11.3 Å². The minimum atomic E-state index is -0.599. The number of amides is 1. The van der Waals surface area contributed by atoms with Crippen LogP contribution in [0.25, 0.3) is 0 Å². The van der Waals surface area contributed by atoms with Gasteiger partial charge in [-0.25, -0.2) is 0 Å². The van der Waals surface area contributed by atoms with Crippen LogP contribution in [0.15, 0.2) is 18.2 Å². The number of nitrogens with one attached hydrogen (secondary N) is 2. The van der Waals surface area contributed by atoms with E-state index in [1.165, 1.54) is 28.3 Å². The van der Waals surface area contributed by atoms with Gasteiger partial charge >= 0.3 is 5.69 Å². The lowest BCUT2D eigenvalue weighted by molar-refractivity contribution is -0.385. The molecule has 0 fully saturated rings. The summed E-state index contributed by atoms with van der Waals surface area (Å²) in [5, 5.41) is 27.2. The van der Waals surface area contributed by atoms with Crippen molar-refractivity contribution < 1.29 is 14.5 Å². The Morgan fingerprint density at radius 3 is 2.76 bits per heavy atom. The van der Waals surface area contributed by atoms with Crippen LogP contribution in [0.5, 0.6) is 5.75 Å². The number of ether oxygens (including phenoxy) is 1. The van der Waals surface area contributed by atoms with Crippen molar-refractivity contribution in [3.8, 4) is 11.8 Å². The van der Waals surface area contributed by atoms with Crippen molar-refractivity contribution >= 4 is 45.3 Å². The van der Waals surface area contributed by atoms with Crippen LogP contribution in [0.3, 0.4) is 0 Å². The summed E-state index contributed by atoms with van der Waals surface area (Å²) >= 11 is 6.78. The molecular formula is C23H26N4O4S2. The van der Waals surface area contributed by atoms with E-state index in [0.717, 1.165) is 30.9 Å². The van der Waals surface area contributed by atoms with Crippen molar-refractivity contribution in [1.82, 2.24) is 5.32 Å². The molecule has 33 heavy (non-hydrogen) atoms. The van der Waals surface area contributed by atoms with Crippen molar-refractivity contribution in [3.05, 3.63) is 49.9 Å². The second-order valence-corrected chi connectivity index (χ2v) is 10.4. The number of thiocarbonyl (C=S) groups is 1. The molecule has 0 spiro atoms. The molecule has 1 aromatic heterocycles. The summed E-state index contributed by atoms with van der Waals surface area (Å²) in [6, 6.07) is 6.25. The van der Waals surface area contributed by atoms with Crippen LogP contribution in [0.1, 0.15) is 60.5 Å². The third kappa shape index (κ3) is 5.49. The van der Waals surface area contributed by atoms with Gasteiger partial charge in [-0.1, -0.05) is 20.8 Å². The average Bonchev–Trinajstić information content (AvgIpc) is 3.09. The Morgan fingerprint density at radius 2 is 2.15 bits per heavy atom. The summed E-state index contributed by atoms with van der Waals surface area (Å²) < 4.78 is 5.25. The fourth-order valence-corrected chi connectivity index (χ4v) is 5.46. The molecule has 2 N–H and O–H groups in total. The molecule has 1 amide bonds. The Labute approximate surface area is 202 Å². The number of anilines is 1. The van der Waals surface area contributed by atoms with Gasteiger partial charge in [-0.05, 0) is 67.4 Å². The Morgan fingerprint density at radius 1 is 1.42 bits per heavy atom. The average molecular weight is 487 g/mol. The Hall–Kier alpha value is -3.03. The number of carbonyl (C=O) groups is 1. The maximum atomic E-state index is 12.6. The van der Waals surface area contributed by atoms with Gasteiger partial charge in [0.1, 0.15) is 11.1 Å². The Kier molecular flexibility index (Phi) is 7.34. The van der Waals surface area contributed by atoms with Gasteiger partial charge in [0, 0.05) is 16.5 Å². The number of rotatable bonds is 5. The highest BCUT2D eigenvalue weighted by Crippen LogP contribution is 2.44. The number of carbonyl (C=O) groups excluding carboxylic acids is 1. The minimum Gasteiger partial charge on any atom is -0.487 e. The third-order valence-electron chi connectivity index (χ3n) is 5.77. The predicted octanol–water partition coefficient (Wildman–Crippen LogP) is 5.20. The number of nitro benzene ring substituents is 1. The SMILES string of the molecule is CCOc1ccc(C(=O)NC(=S)Nc2sc3c(c2C#N)CCC(C(C)(C)C)C3)cc1[N+](=O)[O-]. The summed E-state index contributed by atoms with van der Waals surface area (Å²) in [7, 11) is 0. The van der Waals surface area contributed by atoms with Crippen LogP contribution in [0.2, 0.25) is 0 Å². The molecule has 1 aromatic carbocycles. The number of fused-ring (bicyclic) bond motifs is 1. The van der Waals surface area contributed by atoms with E-state index in [0.29, 0.717) is 16.5 Å². The molecule has 0 saturated carbocycles. The molecule has 1 unspecified atom stereocenters. The lowest BCUT2D eigenvalue weighted by Gasteiger charge is -2.33. The fraction of sp³-hybridized carbons (Fsp3) is 0.435. The maximum Gasteiger partial charge on any atom is 0.311 e. The monoisotopic (exact) mass is 486 g/mol. The van der Waals surface area contributed by atoms with E-state index < -0.39 is 10.8 Å². The zero-order chi connectivity index (χ0) is 24.3. The van der Waals surface area contributed by atoms with Crippen LogP contribution in [0, 0.1) is 32.8 Å². The van der Waals surface area contributed by atoms with Crippen LogP contribution in [-0.4, -0.2) is 22.5 Å². The first-order chi connectivity index (χ1) is 15.5. The molecule has 2 aromatic rings. The van der Waals surface area contributed by atoms with Crippen molar-refractivity contribution in [2.45, 2.75) is 47.0 Å². The van der Waals surface area contributed by atoms with Gasteiger partial charge in [-0.3, -0.25) is 20.2 Å². The molecular weight excluding hydrogens is 460 g/mol. The largest absolute Gasteiger partial charge is 0.487 e. The topological polar surface area (TPSA) is 117 Å². The summed E-state index contributed by atoms with van der Waals surface area (Å²) in [4.78, 5) is 24.5. The normalized spacial score (nSPS) is 15.2. The number of thiophene rings is 1. The Balaban J connectivity index is 1.75. The quantitative estimate of drug-likeness (QED) is 0.339. The number of nitrogens with zero attached hydrogens (tertiary/aromatic N) is 2. The van der Waals surface area contributed by atoms with E-state index in [4.69, 9.17) is 17.0 Å². The predicted molar refractivity (Wildman–Crippen MR) is 132 cm³/mol. The molecule has 0 saturated heterocycles. The third-order valence-corrected chi connectivity index (χ3v) is 7.15. The lowest BCUT2D eigenvalue weighted by atomic mass is 9.72. The van der Waals surface area contributed by atoms with E-state index in [1.807, 2.05) is 0 Å². The molecule has 3 rings (SSSR count). The Bertz CT molecular complexity index is 1140. The van der Waals surface area contributed by atoms with Crippen LogP contribution >= 0.6 is 23.6 Å². The first-order valence-corrected chi connectivity index (χ1v) is 11.9. The molecule has 1 heterocycles. The first-order valence-electron chi connectivity index (χ1n) is 10.6. The standard InChI is InChI=1S/C23H26N4O4S2/c1-5-31-18-9-6-13(10-17(18)27(29)30)20(28)25-22(32)26-21-16(12-24)15-8-7-14(23(2,3)4)11-19(15)33-21/h6,9-10,14H,5,7-8,11H2,1-4H3,(H2,25,26,28,32). The smallest absolute Gasteiger partial charge is 0.311 e. The molecule has 0 aliphatic heterocycles. The molecule has 174 valence electrons. The summed E-state index contributed by atoms with van der Waals surface area (Å²) in [6.07, 6.45) is 2.78. The zero-order valence-electron chi connectivity index (χ0n) is 19.0. The highest BCUT2D eigenvalue weighted by molar-refractivity contribution is 7.80. The minimum absolute atomic E-state index is 0.0269. The first kappa shape index (κ1) is 24.6. The number of nitriles is 1. The van der Waals surface area contributed by atoms with Gasteiger partial charge in [0.25, 0.3) is 5.91 Å². The summed E-state index contributed by atoms with van der Waals surface area (Å²) in [5.74, 6) is 0.0348. The molecule has 1 atom stereocenters. The maximum absolute atomic E-state index is 12.6. The van der Waals surface area contributed by atoms with Crippen LogP contribution in [0.4, 0.5) is 10.7 Å². The fourth-order valence-electron chi connectivity index (χ4n) is 3.92. The molecule has 0 radical (unpaired) electrons. The molecule has 8 nitrogen and oxygen atoms in total. The van der Waals surface area contributed by atoms with Gasteiger partial charge in [-0.2, -0.15) is 5.26 Å². The number of hydrogen-bond donors (Lipinski definition) is 2. The van der Waals surface area contributed by atoms with Crippen molar-refractivity contribution in [1.29, 1.82) is 5.26 Å². The summed E-state index contributed by atoms with van der Waals surface area (Å²) in [6.45, 7) is 8.68. The second-order valence-electron chi connectivity index (χ2n) is 8.91. The van der Waals surface area contributed by atoms with Gasteiger partial charge < -0.3 is 10.1 Å². The van der Waals surface area contributed by atoms with Crippen molar-refractivity contribution in [3.63, 3.8) is 0 Å². The van der Waals surface area contributed by atoms with E-state index >= 15 is 0 Å². The van der Waals surface area contributed by atoms with E-state index in [1.54, 1.807) is 6.92 Å². The van der Waals surface area contributed by atoms with E-state index in [-0.39, 0.29) is 34.1 Å². The number of benzene rings is 1. The molecule has 1 aliphatic carbocycles. The number of hydrogen-bond acceptors (Lipinski definition) is 7. The second kappa shape index (κ2) is 9.85. The van der Waals surface area contributed by atoms with Crippen molar-refractivity contribution in [2.24, 2.45) is 11.3 Å².